The number of aryl methyl sites for hydroxylation is 2. The van der Waals surface area contributed by atoms with Crippen LogP contribution >= 0.6 is 0 Å². The summed E-state index contributed by atoms with van der Waals surface area (Å²) in [6.07, 6.45) is 1.61. The molecule has 2 nitrogen and oxygen atoms in total. The van der Waals surface area contributed by atoms with Gasteiger partial charge in [-0.1, -0.05) is 6.07 Å². The summed E-state index contributed by atoms with van der Waals surface area (Å²) >= 11 is 0. The summed E-state index contributed by atoms with van der Waals surface area (Å²) in [5.74, 6) is 0.272. The molecule has 0 amide bonds. The number of ketones is 1. The Kier molecular flexibility index (Phi) is 4.53. The van der Waals surface area contributed by atoms with Crippen LogP contribution in [0.1, 0.15) is 30.9 Å². The molecule has 1 aromatic rings. The highest BCUT2D eigenvalue weighted by Gasteiger charge is 2.02. The number of benzene rings is 1. The van der Waals surface area contributed by atoms with E-state index in [1.165, 1.54) is 16.8 Å². The second-order valence-electron chi connectivity index (χ2n) is 4.50. The fraction of sp³-hybridized carbons (Fsp3) is 0.500. The van der Waals surface area contributed by atoms with Gasteiger partial charge in [-0.2, -0.15) is 0 Å². The smallest absolute Gasteiger partial charge is 0.129 e. The van der Waals surface area contributed by atoms with Crippen molar-refractivity contribution < 1.29 is 4.79 Å². The lowest BCUT2D eigenvalue weighted by Crippen LogP contribution is -2.19. The number of anilines is 1. The van der Waals surface area contributed by atoms with Crippen LogP contribution in [0.3, 0.4) is 0 Å². The van der Waals surface area contributed by atoms with Gasteiger partial charge < -0.3 is 9.69 Å². The first-order valence-electron chi connectivity index (χ1n) is 5.78. The van der Waals surface area contributed by atoms with Crippen LogP contribution in [0.4, 0.5) is 5.69 Å². The fourth-order valence-electron chi connectivity index (χ4n) is 1.66. The average Bonchev–Trinajstić information content (AvgIpc) is 2.21. The van der Waals surface area contributed by atoms with Crippen LogP contribution < -0.4 is 4.90 Å². The summed E-state index contributed by atoms with van der Waals surface area (Å²) in [6, 6.07) is 6.48. The van der Waals surface area contributed by atoms with Gasteiger partial charge in [0.2, 0.25) is 0 Å². The standard InChI is InChI=1S/C14H21NO/c1-11-7-8-14(10-12(11)2)15(4)9-5-6-13(3)16/h7-8,10H,5-6,9H2,1-4H3. The van der Waals surface area contributed by atoms with Crippen LogP contribution in [-0.2, 0) is 4.79 Å². The van der Waals surface area contributed by atoms with Gasteiger partial charge in [-0.15, -0.1) is 0 Å². The molecule has 16 heavy (non-hydrogen) atoms. The predicted molar refractivity (Wildman–Crippen MR) is 69.1 cm³/mol. The van der Waals surface area contributed by atoms with E-state index in [4.69, 9.17) is 0 Å². The lowest BCUT2D eigenvalue weighted by Gasteiger charge is -2.20. The molecule has 0 saturated carbocycles. The number of carbonyl (C=O) groups is 1. The third-order valence-electron chi connectivity index (χ3n) is 2.95. The van der Waals surface area contributed by atoms with Crippen LogP contribution in [0.2, 0.25) is 0 Å². The predicted octanol–water partition coefficient (Wildman–Crippen LogP) is 3.11. The van der Waals surface area contributed by atoms with E-state index in [1.54, 1.807) is 6.92 Å². The van der Waals surface area contributed by atoms with Crippen molar-refractivity contribution >= 4 is 11.5 Å². The number of hydrogen-bond acceptors (Lipinski definition) is 2. The van der Waals surface area contributed by atoms with Crippen molar-refractivity contribution in [2.24, 2.45) is 0 Å². The van der Waals surface area contributed by atoms with Crippen LogP contribution in [0.5, 0.6) is 0 Å². The molecule has 0 unspecified atom stereocenters. The zero-order valence-corrected chi connectivity index (χ0v) is 10.7. The molecule has 0 aliphatic carbocycles. The molecule has 0 spiro atoms. The second-order valence-corrected chi connectivity index (χ2v) is 4.50. The molecule has 0 aliphatic rings. The molecule has 0 atom stereocenters. The lowest BCUT2D eigenvalue weighted by atomic mass is 10.1. The Labute approximate surface area is 98.3 Å². The molecule has 2 heteroatoms. The first-order valence-corrected chi connectivity index (χ1v) is 5.78. The van der Waals surface area contributed by atoms with E-state index in [9.17, 15) is 4.79 Å². The Morgan fingerprint density at radius 3 is 2.50 bits per heavy atom. The molecule has 1 aromatic carbocycles. The zero-order valence-electron chi connectivity index (χ0n) is 10.7. The van der Waals surface area contributed by atoms with Gasteiger partial charge in [-0.25, -0.2) is 0 Å². The molecular formula is C14H21NO. The minimum atomic E-state index is 0.272. The van der Waals surface area contributed by atoms with Gasteiger partial charge in [0.05, 0.1) is 0 Å². The van der Waals surface area contributed by atoms with Gasteiger partial charge in [0, 0.05) is 25.7 Å². The minimum absolute atomic E-state index is 0.272. The number of carbonyl (C=O) groups excluding carboxylic acids is 1. The molecule has 0 aromatic heterocycles. The maximum absolute atomic E-state index is 10.8. The second kappa shape index (κ2) is 5.69. The van der Waals surface area contributed by atoms with Crippen molar-refractivity contribution in [2.75, 3.05) is 18.5 Å². The van der Waals surface area contributed by atoms with Crippen molar-refractivity contribution in [1.29, 1.82) is 0 Å². The summed E-state index contributed by atoms with van der Waals surface area (Å²) in [7, 11) is 2.07. The molecule has 88 valence electrons. The van der Waals surface area contributed by atoms with Crippen LogP contribution in [0, 0.1) is 13.8 Å². The van der Waals surface area contributed by atoms with E-state index >= 15 is 0 Å². The van der Waals surface area contributed by atoms with Crippen molar-refractivity contribution in [3.63, 3.8) is 0 Å². The summed E-state index contributed by atoms with van der Waals surface area (Å²) in [6.45, 7) is 6.83. The summed E-state index contributed by atoms with van der Waals surface area (Å²) in [5, 5.41) is 0. The lowest BCUT2D eigenvalue weighted by molar-refractivity contribution is -0.117. The van der Waals surface area contributed by atoms with E-state index in [0.717, 1.165) is 13.0 Å². The van der Waals surface area contributed by atoms with E-state index < -0.39 is 0 Å². The monoisotopic (exact) mass is 219 g/mol. The van der Waals surface area contributed by atoms with E-state index in [2.05, 4.69) is 44.0 Å². The van der Waals surface area contributed by atoms with Gasteiger partial charge in [-0.05, 0) is 50.5 Å². The van der Waals surface area contributed by atoms with Gasteiger partial charge in [0.1, 0.15) is 5.78 Å². The van der Waals surface area contributed by atoms with Gasteiger partial charge in [-0.3, -0.25) is 0 Å². The van der Waals surface area contributed by atoms with Gasteiger partial charge in [0.15, 0.2) is 0 Å². The molecule has 0 heterocycles. The normalized spacial score (nSPS) is 10.2. The van der Waals surface area contributed by atoms with E-state index in [-0.39, 0.29) is 5.78 Å². The van der Waals surface area contributed by atoms with Crippen LogP contribution in [-0.4, -0.2) is 19.4 Å². The van der Waals surface area contributed by atoms with Gasteiger partial charge in [0.25, 0.3) is 0 Å². The Bertz CT molecular complexity index is 371. The number of rotatable bonds is 5. The topological polar surface area (TPSA) is 20.3 Å². The number of Topliss-reactive ketones (excluding diaryl/α,β-unsaturated/α-hetero) is 1. The average molecular weight is 219 g/mol. The first-order chi connectivity index (χ1) is 7.50. The van der Waals surface area contributed by atoms with Crippen molar-refractivity contribution in [2.45, 2.75) is 33.6 Å². The maximum Gasteiger partial charge on any atom is 0.129 e. The fourth-order valence-corrected chi connectivity index (χ4v) is 1.66. The van der Waals surface area contributed by atoms with Crippen molar-refractivity contribution in [3.05, 3.63) is 29.3 Å². The maximum atomic E-state index is 10.8. The molecule has 0 radical (unpaired) electrons. The Morgan fingerprint density at radius 2 is 1.94 bits per heavy atom. The van der Waals surface area contributed by atoms with E-state index in [0.29, 0.717) is 6.42 Å². The third-order valence-corrected chi connectivity index (χ3v) is 2.95. The van der Waals surface area contributed by atoms with Crippen LogP contribution in [0.25, 0.3) is 0 Å². The highest BCUT2D eigenvalue weighted by Crippen LogP contribution is 2.17. The molecule has 0 bridgehead atoms. The molecule has 0 aliphatic heterocycles. The summed E-state index contributed by atoms with van der Waals surface area (Å²) in [4.78, 5) is 13.0. The summed E-state index contributed by atoms with van der Waals surface area (Å²) < 4.78 is 0. The Hall–Kier alpha value is -1.31. The first kappa shape index (κ1) is 12.8. The minimum Gasteiger partial charge on any atom is -0.375 e. The van der Waals surface area contributed by atoms with Crippen molar-refractivity contribution in [1.82, 2.24) is 0 Å². The third kappa shape index (κ3) is 3.69. The Balaban J connectivity index is 2.55. The SMILES string of the molecule is CC(=O)CCCN(C)c1ccc(C)c(C)c1. The highest BCUT2D eigenvalue weighted by molar-refractivity contribution is 5.75. The largest absolute Gasteiger partial charge is 0.375 e. The number of hydrogen-bond donors (Lipinski definition) is 0. The molecular weight excluding hydrogens is 198 g/mol. The number of nitrogens with zero attached hydrogens (tertiary/aromatic N) is 1. The highest BCUT2D eigenvalue weighted by atomic mass is 16.1. The zero-order chi connectivity index (χ0) is 12.1. The summed E-state index contributed by atoms with van der Waals surface area (Å²) in [5.41, 5.74) is 3.86. The molecule has 0 N–H and O–H groups in total. The Morgan fingerprint density at radius 1 is 1.25 bits per heavy atom. The molecule has 0 saturated heterocycles. The van der Waals surface area contributed by atoms with Crippen molar-refractivity contribution in [3.8, 4) is 0 Å². The quantitative estimate of drug-likeness (QED) is 0.758. The molecule has 1 rings (SSSR count). The van der Waals surface area contributed by atoms with Crippen LogP contribution in [0.15, 0.2) is 18.2 Å². The van der Waals surface area contributed by atoms with E-state index in [1.807, 2.05) is 0 Å². The molecule has 0 fully saturated rings. The van der Waals surface area contributed by atoms with Gasteiger partial charge >= 0.3 is 0 Å².